The Morgan fingerprint density at radius 3 is 2.67 bits per heavy atom. The van der Waals surface area contributed by atoms with Crippen molar-refractivity contribution in [1.82, 2.24) is 15.2 Å². The normalized spacial score (nSPS) is 10.5. The van der Waals surface area contributed by atoms with E-state index in [1.54, 1.807) is 12.4 Å². The molecular weight excluding hydrogens is 192 g/mol. The Morgan fingerprint density at radius 2 is 2.00 bits per heavy atom. The molecule has 78 valence electrons. The molecule has 0 saturated carbocycles. The van der Waals surface area contributed by atoms with Crippen molar-refractivity contribution in [2.45, 2.75) is 6.42 Å². The highest BCUT2D eigenvalue weighted by Gasteiger charge is 2.10. The number of nitrogens with one attached hydrogen (secondary N) is 2. The number of rotatable bonds is 3. The highest BCUT2D eigenvalue weighted by Crippen LogP contribution is 2.17. The second-order valence-corrected chi connectivity index (χ2v) is 3.21. The lowest BCUT2D eigenvalue weighted by molar-refractivity contribution is 0.960. The molecule has 0 aliphatic heterocycles. The Balaban J connectivity index is 2.49. The monoisotopic (exact) mass is 204 g/mol. The Bertz CT molecular complexity index is 486. The number of hydrogen-bond acceptors (Lipinski definition) is 3. The van der Waals surface area contributed by atoms with Crippen molar-refractivity contribution in [2.24, 2.45) is 5.73 Å². The molecule has 2 aromatic heterocycles. The molecule has 0 radical (unpaired) electrons. The number of nitrogens with zero attached hydrogens (tertiary/aromatic N) is 1. The van der Waals surface area contributed by atoms with Crippen molar-refractivity contribution in [3.63, 3.8) is 0 Å². The summed E-state index contributed by atoms with van der Waals surface area (Å²) in [6.45, 7) is 0.457. The van der Waals surface area contributed by atoms with Gasteiger partial charge in [0.05, 0.1) is 5.69 Å². The molecule has 5 heteroatoms. The highest BCUT2D eigenvalue weighted by atomic mass is 16.1. The molecule has 0 atom stereocenters. The first-order chi connectivity index (χ1) is 7.33. The molecule has 0 aliphatic carbocycles. The number of aromatic nitrogens is 3. The van der Waals surface area contributed by atoms with E-state index in [9.17, 15) is 4.79 Å². The summed E-state index contributed by atoms with van der Waals surface area (Å²) in [6.07, 6.45) is 3.94. The maximum absolute atomic E-state index is 11.4. The molecule has 0 amide bonds. The first kappa shape index (κ1) is 9.67. The largest absolute Gasteiger partial charge is 0.330 e. The number of aromatic amines is 2. The number of hydrogen-bond donors (Lipinski definition) is 3. The Kier molecular flexibility index (Phi) is 2.64. The lowest BCUT2D eigenvalue weighted by Gasteiger charge is -2.00. The lowest BCUT2D eigenvalue weighted by atomic mass is 10.1. The Morgan fingerprint density at radius 1 is 1.27 bits per heavy atom. The zero-order valence-electron chi connectivity index (χ0n) is 8.16. The van der Waals surface area contributed by atoms with Crippen LogP contribution < -0.4 is 11.3 Å². The summed E-state index contributed by atoms with van der Waals surface area (Å²) in [5, 5.41) is 5.42. The quantitative estimate of drug-likeness (QED) is 0.670. The van der Waals surface area contributed by atoms with Gasteiger partial charge in [0.1, 0.15) is 0 Å². The van der Waals surface area contributed by atoms with Crippen LogP contribution in [-0.4, -0.2) is 21.7 Å². The number of nitrogens with two attached hydrogens (primary N) is 1. The molecule has 4 N–H and O–H groups in total. The van der Waals surface area contributed by atoms with Crippen LogP contribution in [0.5, 0.6) is 0 Å². The zero-order valence-corrected chi connectivity index (χ0v) is 8.16. The van der Waals surface area contributed by atoms with Gasteiger partial charge in [0.25, 0.3) is 5.56 Å². The van der Waals surface area contributed by atoms with Gasteiger partial charge in [-0.25, -0.2) is 0 Å². The average Bonchev–Trinajstić information content (AvgIpc) is 2.63. The van der Waals surface area contributed by atoms with Gasteiger partial charge in [-0.15, -0.1) is 0 Å². The van der Waals surface area contributed by atoms with Crippen LogP contribution in [0.25, 0.3) is 11.3 Å². The van der Waals surface area contributed by atoms with E-state index >= 15 is 0 Å². The summed E-state index contributed by atoms with van der Waals surface area (Å²) in [4.78, 5) is 15.4. The molecule has 0 unspecified atom stereocenters. The number of H-pyrrole nitrogens is 2. The van der Waals surface area contributed by atoms with E-state index in [-0.39, 0.29) is 5.56 Å². The molecule has 0 spiro atoms. The molecule has 0 saturated heterocycles. The molecular formula is C10H12N4O. The predicted molar refractivity (Wildman–Crippen MR) is 57.4 cm³/mol. The van der Waals surface area contributed by atoms with Gasteiger partial charge in [0.15, 0.2) is 0 Å². The number of pyridine rings is 1. The fourth-order valence-electron chi connectivity index (χ4n) is 1.53. The van der Waals surface area contributed by atoms with Crippen molar-refractivity contribution in [1.29, 1.82) is 0 Å². The second-order valence-electron chi connectivity index (χ2n) is 3.21. The summed E-state index contributed by atoms with van der Waals surface area (Å²) in [5.41, 5.74) is 7.79. The van der Waals surface area contributed by atoms with E-state index in [0.29, 0.717) is 18.5 Å². The van der Waals surface area contributed by atoms with Crippen LogP contribution in [0, 0.1) is 0 Å². The molecule has 15 heavy (non-hydrogen) atoms. The van der Waals surface area contributed by atoms with Gasteiger partial charge in [-0.2, -0.15) is 0 Å². The van der Waals surface area contributed by atoms with Crippen LogP contribution in [-0.2, 0) is 6.42 Å². The van der Waals surface area contributed by atoms with Crippen LogP contribution in [0.2, 0.25) is 0 Å². The van der Waals surface area contributed by atoms with Crippen LogP contribution >= 0.6 is 0 Å². The van der Waals surface area contributed by atoms with Gasteiger partial charge in [-0.3, -0.25) is 20.0 Å². The van der Waals surface area contributed by atoms with Crippen molar-refractivity contribution >= 4 is 0 Å². The first-order valence-corrected chi connectivity index (χ1v) is 4.73. The minimum absolute atomic E-state index is 0.104. The summed E-state index contributed by atoms with van der Waals surface area (Å²) < 4.78 is 0. The fraction of sp³-hybridized carbons (Fsp3) is 0.200. The molecule has 2 rings (SSSR count). The Hall–Kier alpha value is -1.88. The molecule has 0 bridgehead atoms. The van der Waals surface area contributed by atoms with E-state index in [1.165, 1.54) is 0 Å². The third-order valence-electron chi connectivity index (χ3n) is 2.24. The second kappa shape index (κ2) is 4.10. The molecule has 0 fully saturated rings. The summed E-state index contributed by atoms with van der Waals surface area (Å²) in [5.74, 6) is 0. The molecule has 5 nitrogen and oxygen atoms in total. The molecule has 0 aliphatic rings. The maximum Gasteiger partial charge on any atom is 0.267 e. The van der Waals surface area contributed by atoms with Crippen LogP contribution in [0.1, 0.15) is 5.56 Å². The molecule has 2 heterocycles. The topological polar surface area (TPSA) is 87.6 Å². The minimum atomic E-state index is -0.104. The third kappa shape index (κ3) is 1.82. The van der Waals surface area contributed by atoms with Gasteiger partial charge in [0.2, 0.25) is 0 Å². The van der Waals surface area contributed by atoms with Crippen LogP contribution in [0.4, 0.5) is 0 Å². The van der Waals surface area contributed by atoms with Crippen molar-refractivity contribution in [3.05, 3.63) is 40.4 Å². The molecule has 0 aromatic carbocycles. The average molecular weight is 204 g/mol. The Labute approximate surface area is 86.3 Å². The van der Waals surface area contributed by atoms with Gasteiger partial charge in [0, 0.05) is 23.5 Å². The van der Waals surface area contributed by atoms with E-state index in [4.69, 9.17) is 5.73 Å². The van der Waals surface area contributed by atoms with Crippen LogP contribution in [0.15, 0.2) is 29.3 Å². The van der Waals surface area contributed by atoms with Crippen molar-refractivity contribution in [3.8, 4) is 11.3 Å². The SMILES string of the molecule is NCCc1c(-c2ccncc2)[nH][nH]c1=O. The standard InChI is InChI=1S/C10H12N4O/c11-4-1-8-9(13-14-10(8)15)7-2-5-12-6-3-7/h2-3,5-6H,1,4,11H2,(H2,13,14,15). The zero-order chi connectivity index (χ0) is 10.7. The smallest absolute Gasteiger partial charge is 0.267 e. The predicted octanol–water partition coefficient (Wildman–Crippen LogP) is 0.266. The molecule has 2 aromatic rings. The van der Waals surface area contributed by atoms with Gasteiger partial charge in [-0.1, -0.05) is 0 Å². The van der Waals surface area contributed by atoms with Crippen molar-refractivity contribution < 1.29 is 0 Å². The minimum Gasteiger partial charge on any atom is -0.330 e. The third-order valence-corrected chi connectivity index (χ3v) is 2.24. The van der Waals surface area contributed by atoms with Gasteiger partial charge < -0.3 is 5.73 Å². The van der Waals surface area contributed by atoms with Crippen LogP contribution in [0.3, 0.4) is 0 Å². The van der Waals surface area contributed by atoms with E-state index < -0.39 is 0 Å². The maximum atomic E-state index is 11.4. The first-order valence-electron chi connectivity index (χ1n) is 4.73. The van der Waals surface area contributed by atoms with Gasteiger partial charge in [-0.05, 0) is 25.1 Å². The fourth-order valence-corrected chi connectivity index (χ4v) is 1.53. The summed E-state index contributed by atoms with van der Waals surface area (Å²) in [7, 11) is 0. The van der Waals surface area contributed by atoms with E-state index in [1.807, 2.05) is 12.1 Å². The van der Waals surface area contributed by atoms with Crippen molar-refractivity contribution in [2.75, 3.05) is 6.54 Å². The lowest BCUT2D eigenvalue weighted by Crippen LogP contribution is -2.12. The van der Waals surface area contributed by atoms with Gasteiger partial charge >= 0.3 is 0 Å². The van der Waals surface area contributed by atoms with E-state index in [0.717, 1.165) is 11.3 Å². The summed E-state index contributed by atoms with van der Waals surface area (Å²) in [6, 6.07) is 3.69. The highest BCUT2D eigenvalue weighted by molar-refractivity contribution is 5.61. The van der Waals surface area contributed by atoms with E-state index in [2.05, 4.69) is 15.2 Å². The summed E-state index contributed by atoms with van der Waals surface area (Å²) >= 11 is 0.